The van der Waals surface area contributed by atoms with Crippen molar-refractivity contribution in [3.8, 4) is 0 Å². The minimum absolute atomic E-state index is 0.215. The highest BCUT2D eigenvalue weighted by atomic mass is 16.6. The molecule has 1 saturated heterocycles. The van der Waals surface area contributed by atoms with E-state index in [0.29, 0.717) is 16.6 Å². The van der Waals surface area contributed by atoms with Crippen LogP contribution in [0.5, 0.6) is 0 Å². The summed E-state index contributed by atoms with van der Waals surface area (Å²) in [5.74, 6) is -0.113. The molecule has 1 amide bonds. The molecule has 0 bridgehead atoms. The maximum absolute atomic E-state index is 11.8. The lowest BCUT2D eigenvalue weighted by atomic mass is 9.96. The summed E-state index contributed by atoms with van der Waals surface area (Å²) in [6.07, 6.45) is 0.846. The van der Waals surface area contributed by atoms with E-state index in [9.17, 15) is 20.1 Å². The second-order valence-corrected chi connectivity index (χ2v) is 6.34. The van der Waals surface area contributed by atoms with Gasteiger partial charge in [0.05, 0.1) is 12.0 Å². The molecule has 10 nitrogen and oxygen atoms in total. The first kappa shape index (κ1) is 16.0. The van der Waals surface area contributed by atoms with Crippen LogP contribution in [0.25, 0.3) is 16.7 Å². The molecule has 0 radical (unpaired) electrons. The van der Waals surface area contributed by atoms with Gasteiger partial charge in [0.15, 0.2) is 6.23 Å². The minimum atomic E-state index is -1.67. The Labute approximate surface area is 141 Å². The SMILES string of the molecule is CC1(O)[C@H](O)[C@@H](CO)O[C@H]1n1cc2c3c(ncnc31)NC(=O)C=C2N. The fourth-order valence-electron chi connectivity index (χ4n) is 3.34. The number of nitrogens with two attached hydrogens (primary N) is 1. The summed E-state index contributed by atoms with van der Waals surface area (Å²) in [5.41, 5.74) is 5.41. The molecule has 0 saturated carbocycles. The number of amides is 1. The normalized spacial score (nSPS) is 31.8. The summed E-state index contributed by atoms with van der Waals surface area (Å²) in [7, 11) is 0. The number of carbonyl (C=O) groups is 1. The Kier molecular flexibility index (Phi) is 3.34. The van der Waals surface area contributed by atoms with Crippen LogP contribution >= 0.6 is 0 Å². The Morgan fingerprint density at radius 1 is 1.48 bits per heavy atom. The van der Waals surface area contributed by atoms with E-state index in [1.54, 1.807) is 6.20 Å². The van der Waals surface area contributed by atoms with Crippen molar-refractivity contribution in [2.75, 3.05) is 11.9 Å². The number of aliphatic hydroxyl groups is 3. The maximum Gasteiger partial charge on any atom is 0.251 e. The van der Waals surface area contributed by atoms with Crippen molar-refractivity contribution in [2.24, 2.45) is 5.73 Å². The highest BCUT2D eigenvalue weighted by molar-refractivity contribution is 6.13. The van der Waals surface area contributed by atoms with Crippen LogP contribution in [-0.4, -0.2) is 60.2 Å². The molecule has 2 aromatic heterocycles. The number of hydrogen-bond acceptors (Lipinski definition) is 8. The molecule has 4 heterocycles. The predicted molar refractivity (Wildman–Crippen MR) is 85.9 cm³/mol. The van der Waals surface area contributed by atoms with Gasteiger partial charge in [0.2, 0.25) is 0 Å². The van der Waals surface area contributed by atoms with E-state index in [-0.39, 0.29) is 11.5 Å². The van der Waals surface area contributed by atoms with Gasteiger partial charge in [-0.05, 0) is 6.92 Å². The third-order valence-electron chi connectivity index (χ3n) is 4.64. The molecular weight excluding hydrogens is 330 g/mol. The van der Waals surface area contributed by atoms with Crippen molar-refractivity contribution in [3.05, 3.63) is 24.2 Å². The lowest BCUT2D eigenvalue weighted by molar-refractivity contribution is -0.111. The van der Waals surface area contributed by atoms with Crippen LogP contribution in [-0.2, 0) is 9.53 Å². The van der Waals surface area contributed by atoms with Crippen LogP contribution < -0.4 is 11.1 Å². The highest BCUT2D eigenvalue weighted by Gasteiger charge is 2.53. The largest absolute Gasteiger partial charge is 0.398 e. The van der Waals surface area contributed by atoms with Gasteiger partial charge in [0.25, 0.3) is 5.91 Å². The zero-order valence-electron chi connectivity index (χ0n) is 13.2. The Bertz CT molecular complexity index is 905. The summed E-state index contributed by atoms with van der Waals surface area (Å²) in [6, 6.07) is 0. The van der Waals surface area contributed by atoms with Gasteiger partial charge in [-0.15, -0.1) is 0 Å². The van der Waals surface area contributed by atoms with Crippen LogP contribution in [0.4, 0.5) is 5.82 Å². The van der Waals surface area contributed by atoms with Crippen LogP contribution in [0, 0.1) is 0 Å². The summed E-state index contributed by atoms with van der Waals surface area (Å²) in [4.78, 5) is 20.1. The molecule has 1 fully saturated rings. The Morgan fingerprint density at radius 3 is 2.92 bits per heavy atom. The van der Waals surface area contributed by atoms with Crippen molar-refractivity contribution in [2.45, 2.75) is 31.0 Å². The van der Waals surface area contributed by atoms with E-state index < -0.39 is 36.6 Å². The molecule has 10 heteroatoms. The maximum atomic E-state index is 11.8. The number of nitrogens with zero attached hydrogens (tertiary/aromatic N) is 3. The second-order valence-electron chi connectivity index (χ2n) is 6.34. The second kappa shape index (κ2) is 5.23. The molecule has 0 spiro atoms. The Hall–Kier alpha value is -2.53. The molecule has 6 N–H and O–H groups in total. The zero-order chi connectivity index (χ0) is 17.9. The van der Waals surface area contributed by atoms with Crippen LogP contribution in [0.1, 0.15) is 18.7 Å². The first-order chi connectivity index (χ1) is 11.8. The lowest BCUT2D eigenvalue weighted by Crippen LogP contribution is -2.44. The van der Waals surface area contributed by atoms with Gasteiger partial charge in [-0.1, -0.05) is 0 Å². The van der Waals surface area contributed by atoms with Gasteiger partial charge in [-0.25, -0.2) is 9.97 Å². The van der Waals surface area contributed by atoms with E-state index in [4.69, 9.17) is 10.5 Å². The van der Waals surface area contributed by atoms with E-state index in [1.807, 2.05) is 0 Å². The highest BCUT2D eigenvalue weighted by Crippen LogP contribution is 2.42. The quantitative estimate of drug-likeness (QED) is 0.448. The lowest BCUT2D eigenvalue weighted by Gasteiger charge is -2.27. The standard InChI is InChI=1S/C15H17N5O5/c1-15(24)11(23)8(4-21)25-14(15)20-3-6-7(16)2-9(22)19-12-10(6)13(20)18-5-17-12/h2-3,5,8,11,14,21,23-24H,4,16H2,1H3,(H,17,18,19,22)/t8-,11-,14-,15?/m1/s1. The van der Waals surface area contributed by atoms with E-state index in [1.165, 1.54) is 23.9 Å². The zero-order valence-corrected chi connectivity index (χ0v) is 13.2. The molecule has 0 aromatic carbocycles. The molecule has 2 aliphatic rings. The van der Waals surface area contributed by atoms with Gasteiger partial charge < -0.3 is 35.7 Å². The first-order valence-electron chi connectivity index (χ1n) is 7.65. The van der Waals surface area contributed by atoms with Gasteiger partial charge in [-0.2, -0.15) is 0 Å². The third kappa shape index (κ3) is 2.15. The number of ether oxygens (including phenoxy) is 1. The van der Waals surface area contributed by atoms with Gasteiger partial charge >= 0.3 is 0 Å². The average molecular weight is 347 g/mol. The number of nitrogens with one attached hydrogen (secondary N) is 1. The Balaban J connectivity index is 1.94. The monoisotopic (exact) mass is 347 g/mol. The summed E-state index contributed by atoms with van der Waals surface area (Å²) in [6.45, 7) is 0.969. The van der Waals surface area contributed by atoms with Gasteiger partial charge in [0, 0.05) is 23.5 Å². The number of hydrogen-bond donors (Lipinski definition) is 5. The number of aromatic nitrogens is 3. The topological polar surface area (TPSA) is 156 Å². The fourth-order valence-corrected chi connectivity index (χ4v) is 3.34. The van der Waals surface area contributed by atoms with E-state index >= 15 is 0 Å². The van der Waals surface area contributed by atoms with E-state index in [2.05, 4.69) is 15.3 Å². The van der Waals surface area contributed by atoms with E-state index in [0.717, 1.165) is 0 Å². The summed E-state index contributed by atoms with van der Waals surface area (Å²) < 4.78 is 7.16. The number of rotatable bonds is 2. The van der Waals surface area contributed by atoms with Gasteiger partial charge in [0.1, 0.15) is 35.6 Å². The minimum Gasteiger partial charge on any atom is -0.398 e. The van der Waals surface area contributed by atoms with Crippen LogP contribution in [0.2, 0.25) is 0 Å². The predicted octanol–water partition coefficient (Wildman–Crippen LogP) is -1.32. The van der Waals surface area contributed by atoms with Crippen LogP contribution in [0.3, 0.4) is 0 Å². The van der Waals surface area contributed by atoms with Crippen molar-refractivity contribution in [3.63, 3.8) is 0 Å². The molecular formula is C15H17N5O5. The molecule has 1 unspecified atom stereocenters. The van der Waals surface area contributed by atoms with Gasteiger partial charge in [-0.3, -0.25) is 4.79 Å². The summed E-state index contributed by atoms with van der Waals surface area (Å²) >= 11 is 0. The van der Waals surface area contributed by atoms with Crippen molar-refractivity contribution in [1.82, 2.24) is 14.5 Å². The molecule has 4 rings (SSSR count). The molecule has 2 aromatic rings. The molecule has 4 atom stereocenters. The molecule has 0 aliphatic carbocycles. The fraction of sp³-hybridized carbons (Fsp3) is 0.400. The van der Waals surface area contributed by atoms with Crippen LogP contribution in [0.15, 0.2) is 18.6 Å². The molecule has 25 heavy (non-hydrogen) atoms. The molecule has 132 valence electrons. The Morgan fingerprint density at radius 2 is 2.24 bits per heavy atom. The van der Waals surface area contributed by atoms with Crippen molar-refractivity contribution >= 4 is 28.5 Å². The number of anilines is 1. The number of carbonyl (C=O) groups excluding carboxylic acids is 1. The average Bonchev–Trinajstić information content (AvgIpc) is 3.00. The first-order valence-corrected chi connectivity index (χ1v) is 7.65. The van der Waals surface area contributed by atoms with Crippen molar-refractivity contribution in [1.29, 1.82) is 0 Å². The summed E-state index contributed by atoms with van der Waals surface area (Å²) in [5, 5.41) is 33.4. The molecule has 2 aliphatic heterocycles. The van der Waals surface area contributed by atoms with Crippen molar-refractivity contribution < 1.29 is 24.9 Å². The number of aliphatic hydroxyl groups excluding tert-OH is 2. The third-order valence-corrected chi connectivity index (χ3v) is 4.64. The smallest absolute Gasteiger partial charge is 0.251 e.